The van der Waals surface area contributed by atoms with Gasteiger partial charge in [0.15, 0.2) is 11.6 Å². The van der Waals surface area contributed by atoms with Gasteiger partial charge in [-0.3, -0.25) is 9.59 Å². The molecule has 0 spiro atoms. The van der Waals surface area contributed by atoms with Gasteiger partial charge in [0.1, 0.15) is 25.4 Å². The van der Waals surface area contributed by atoms with E-state index in [-0.39, 0.29) is 61.9 Å². The third kappa shape index (κ3) is 15.7. The Morgan fingerprint density at radius 1 is 0.587 bits per heavy atom. The summed E-state index contributed by atoms with van der Waals surface area (Å²) in [6.45, 7) is 8.52. The first kappa shape index (κ1) is 39.8. The summed E-state index contributed by atoms with van der Waals surface area (Å²) >= 11 is 0. The molecule has 14 nitrogen and oxygen atoms in total. The Bertz CT molecular complexity index is 1130. The molecule has 1 rings (SSSR count). The predicted octanol–water partition coefficient (Wildman–Crippen LogP) is 2.18. The van der Waals surface area contributed by atoms with Gasteiger partial charge in [-0.25, -0.2) is 19.2 Å². The number of Topliss-reactive ketones (excluding diaryl/α,β-unsaturated/α-hetero) is 2. The minimum atomic E-state index is -1.19. The van der Waals surface area contributed by atoms with E-state index < -0.39 is 60.9 Å². The Kier molecular flexibility index (Phi) is 19.3. The fraction of sp³-hybridized carbons (Fsp3) is 0.500. The maximum absolute atomic E-state index is 12.8. The number of carbonyl (C=O) groups is 6. The van der Waals surface area contributed by atoms with Gasteiger partial charge in [-0.2, -0.15) is 0 Å². The fourth-order valence-corrected chi connectivity index (χ4v) is 3.63. The van der Waals surface area contributed by atoms with E-state index in [0.717, 1.165) is 38.1 Å². The molecular weight excluding hydrogens is 608 g/mol. The molecule has 2 N–H and O–H groups in total. The van der Waals surface area contributed by atoms with Crippen LogP contribution in [0.3, 0.4) is 0 Å². The van der Waals surface area contributed by atoms with Crippen LogP contribution in [0.4, 0.5) is 0 Å². The van der Waals surface area contributed by atoms with Gasteiger partial charge in [-0.1, -0.05) is 13.2 Å². The van der Waals surface area contributed by atoms with E-state index in [4.69, 9.17) is 28.4 Å². The van der Waals surface area contributed by atoms with E-state index in [2.05, 4.69) is 13.2 Å². The minimum absolute atomic E-state index is 0.160. The molecule has 0 heterocycles. The van der Waals surface area contributed by atoms with Crippen LogP contribution in [0.2, 0.25) is 0 Å². The summed E-state index contributed by atoms with van der Waals surface area (Å²) in [7, 11) is 0. The van der Waals surface area contributed by atoms with Crippen molar-refractivity contribution in [2.45, 2.75) is 51.7 Å². The van der Waals surface area contributed by atoms with Crippen molar-refractivity contribution < 1.29 is 67.4 Å². The lowest BCUT2D eigenvalue weighted by atomic mass is 9.94. The van der Waals surface area contributed by atoms with Gasteiger partial charge in [0.2, 0.25) is 0 Å². The first-order valence-corrected chi connectivity index (χ1v) is 14.5. The normalized spacial score (nSPS) is 11.9. The third-order valence-corrected chi connectivity index (χ3v) is 5.98. The minimum Gasteiger partial charge on any atom is -0.463 e. The first-order chi connectivity index (χ1) is 21.9. The molecule has 0 aliphatic carbocycles. The molecule has 0 aromatic heterocycles. The molecule has 14 heteroatoms. The average Bonchev–Trinajstić information content (AvgIpc) is 3.03. The Morgan fingerprint density at radius 2 is 0.935 bits per heavy atom. The predicted molar refractivity (Wildman–Crippen MR) is 161 cm³/mol. The molecule has 0 bridgehead atoms. The molecular formula is C32H42O14. The van der Waals surface area contributed by atoms with E-state index in [9.17, 15) is 39.0 Å². The van der Waals surface area contributed by atoms with E-state index in [1.807, 2.05) is 0 Å². The number of unbranched alkanes of at least 4 members (excludes halogenated alkanes) is 2. The summed E-state index contributed by atoms with van der Waals surface area (Å²) in [5, 5.41) is 20.2. The number of carbonyl (C=O) groups excluding carboxylic acids is 6. The standard InChI is InChI=1S/C32H42O14/c1-5-29(37)43-13-9-7-11-41-17-23(35)19-45-31(39)27-15-26(22(4)34)28(16-25(27)21(3)33)32(40)46-20-24(36)18-42-12-8-10-14-44-30(38)6-2/h5-6,15-16,23-24,35-36H,1-2,7-14,17-20H2,3-4H3. The van der Waals surface area contributed by atoms with E-state index in [0.29, 0.717) is 25.7 Å². The molecule has 0 radical (unpaired) electrons. The van der Waals surface area contributed by atoms with Crippen molar-refractivity contribution in [2.24, 2.45) is 0 Å². The molecule has 1 aromatic carbocycles. The Morgan fingerprint density at radius 3 is 1.26 bits per heavy atom. The summed E-state index contributed by atoms with van der Waals surface area (Å²) in [4.78, 5) is 72.3. The van der Waals surface area contributed by atoms with Crippen LogP contribution in [0, 0.1) is 0 Å². The Balaban J connectivity index is 2.67. The first-order valence-electron chi connectivity index (χ1n) is 14.5. The van der Waals surface area contributed by atoms with E-state index in [1.165, 1.54) is 0 Å². The number of ketones is 2. The molecule has 46 heavy (non-hydrogen) atoms. The topological polar surface area (TPSA) is 198 Å². The van der Waals surface area contributed by atoms with Crippen LogP contribution in [-0.2, 0) is 38.0 Å². The zero-order valence-electron chi connectivity index (χ0n) is 26.2. The van der Waals surface area contributed by atoms with Gasteiger partial charge in [-0.05, 0) is 51.7 Å². The summed E-state index contributed by atoms with van der Waals surface area (Å²) < 4.78 is 30.6. The van der Waals surface area contributed by atoms with Crippen LogP contribution < -0.4 is 0 Å². The van der Waals surface area contributed by atoms with Crippen LogP contribution in [0.5, 0.6) is 0 Å². The average molecular weight is 651 g/mol. The smallest absolute Gasteiger partial charge is 0.338 e. The lowest BCUT2D eigenvalue weighted by Gasteiger charge is -2.16. The fourth-order valence-electron chi connectivity index (χ4n) is 3.63. The molecule has 0 saturated heterocycles. The highest BCUT2D eigenvalue weighted by Crippen LogP contribution is 2.21. The Hall–Kier alpha value is -4.24. The van der Waals surface area contributed by atoms with Crippen molar-refractivity contribution >= 4 is 35.4 Å². The SMILES string of the molecule is C=CC(=O)OCCCCOCC(O)COC(=O)c1cc(C(C)=O)c(C(=O)OCC(O)COCCCCOC(=O)C=C)cc1C(C)=O. The number of hydrogen-bond acceptors (Lipinski definition) is 14. The number of aliphatic hydroxyl groups is 2. The molecule has 0 aliphatic rings. The van der Waals surface area contributed by atoms with E-state index >= 15 is 0 Å². The molecule has 0 amide bonds. The van der Waals surface area contributed by atoms with Crippen molar-refractivity contribution in [1.82, 2.24) is 0 Å². The van der Waals surface area contributed by atoms with Gasteiger partial charge in [0, 0.05) is 36.5 Å². The molecule has 2 unspecified atom stereocenters. The highest BCUT2D eigenvalue weighted by molar-refractivity contribution is 6.12. The monoisotopic (exact) mass is 650 g/mol. The second kappa shape index (κ2) is 22.3. The van der Waals surface area contributed by atoms with Crippen LogP contribution in [0.1, 0.15) is 81.0 Å². The number of hydrogen-bond donors (Lipinski definition) is 2. The van der Waals surface area contributed by atoms with Crippen molar-refractivity contribution in [3.8, 4) is 0 Å². The number of ether oxygens (including phenoxy) is 6. The van der Waals surface area contributed by atoms with Crippen molar-refractivity contribution in [2.75, 3.05) is 52.9 Å². The number of aliphatic hydroxyl groups excluding tert-OH is 2. The second-order valence-electron chi connectivity index (χ2n) is 9.87. The lowest BCUT2D eigenvalue weighted by Crippen LogP contribution is -2.26. The molecule has 0 aliphatic heterocycles. The van der Waals surface area contributed by atoms with Crippen LogP contribution in [-0.4, -0.2) is 111 Å². The summed E-state index contributed by atoms with van der Waals surface area (Å²) in [5.74, 6) is -4.28. The molecule has 0 fully saturated rings. The van der Waals surface area contributed by atoms with Gasteiger partial charge < -0.3 is 38.6 Å². The van der Waals surface area contributed by atoms with Gasteiger partial charge in [0.05, 0.1) is 37.6 Å². The van der Waals surface area contributed by atoms with Crippen molar-refractivity contribution in [3.63, 3.8) is 0 Å². The molecule has 0 saturated carbocycles. The van der Waals surface area contributed by atoms with Crippen molar-refractivity contribution in [3.05, 3.63) is 59.7 Å². The van der Waals surface area contributed by atoms with E-state index in [1.54, 1.807) is 0 Å². The van der Waals surface area contributed by atoms with Crippen LogP contribution >= 0.6 is 0 Å². The van der Waals surface area contributed by atoms with Gasteiger partial charge >= 0.3 is 23.9 Å². The highest BCUT2D eigenvalue weighted by atomic mass is 16.6. The zero-order valence-corrected chi connectivity index (χ0v) is 26.2. The summed E-state index contributed by atoms with van der Waals surface area (Å²) in [5.41, 5.74) is -1.01. The number of benzene rings is 1. The third-order valence-electron chi connectivity index (χ3n) is 5.98. The second-order valence-corrected chi connectivity index (χ2v) is 9.87. The quantitative estimate of drug-likeness (QED) is 0.0542. The summed E-state index contributed by atoms with van der Waals surface area (Å²) in [6, 6.07) is 2.10. The zero-order chi connectivity index (χ0) is 34.5. The van der Waals surface area contributed by atoms with Crippen LogP contribution in [0.25, 0.3) is 0 Å². The van der Waals surface area contributed by atoms with Gasteiger partial charge in [-0.15, -0.1) is 0 Å². The Labute approximate surface area is 267 Å². The maximum Gasteiger partial charge on any atom is 0.338 e. The molecule has 254 valence electrons. The lowest BCUT2D eigenvalue weighted by molar-refractivity contribution is -0.138. The summed E-state index contributed by atoms with van der Waals surface area (Å²) in [6.07, 6.45) is 1.90. The number of esters is 4. The van der Waals surface area contributed by atoms with Gasteiger partial charge in [0.25, 0.3) is 0 Å². The van der Waals surface area contributed by atoms with Crippen molar-refractivity contribution in [1.29, 1.82) is 0 Å². The number of rotatable bonds is 24. The van der Waals surface area contributed by atoms with Crippen LogP contribution in [0.15, 0.2) is 37.4 Å². The molecule has 1 aromatic rings. The molecule has 2 atom stereocenters. The highest BCUT2D eigenvalue weighted by Gasteiger charge is 2.26. The largest absolute Gasteiger partial charge is 0.463 e. The maximum atomic E-state index is 12.8.